The Kier molecular flexibility index (Phi) is 3.47. The van der Waals surface area contributed by atoms with Gasteiger partial charge in [-0.15, -0.1) is 0 Å². The number of rotatable bonds is 2. The van der Waals surface area contributed by atoms with E-state index in [0.29, 0.717) is 12.4 Å². The molecule has 0 saturated carbocycles. The maximum atomic E-state index is 12.9. The molecule has 2 fully saturated rings. The quantitative estimate of drug-likeness (QED) is 0.821. The first-order valence-electron chi connectivity index (χ1n) is 7.64. The van der Waals surface area contributed by atoms with Crippen LogP contribution in [-0.2, 0) is 16.6 Å². The van der Waals surface area contributed by atoms with Crippen LogP contribution in [0.1, 0.15) is 33.1 Å². The molecule has 2 unspecified atom stereocenters. The van der Waals surface area contributed by atoms with Gasteiger partial charge in [-0.25, -0.2) is 0 Å². The number of carbonyl (C=O) groups excluding carboxylic acids is 2. The van der Waals surface area contributed by atoms with Crippen LogP contribution in [0.15, 0.2) is 12.3 Å². The number of piperazine rings is 1. The van der Waals surface area contributed by atoms with Crippen LogP contribution in [0.3, 0.4) is 0 Å². The van der Waals surface area contributed by atoms with Crippen molar-refractivity contribution in [1.29, 1.82) is 0 Å². The predicted octanol–water partition coefficient (Wildman–Crippen LogP) is 1.17. The van der Waals surface area contributed by atoms with Gasteiger partial charge < -0.3 is 4.90 Å². The Bertz CT molecular complexity index is 566. The molecule has 6 nitrogen and oxygen atoms in total. The summed E-state index contributed by atoms with van der Waals surface area (Å²) < 4.78 is 1.66. The van der Waals surface area contributed by atoms with Crippen molar-refractivity contribution in [3.63, 3.8) is 0 Å². The van der Waals surface area contributed by atoms with E-state index in [2.05, 4.69) is 5.10 Å². The molecule has 2 amide bonds. The number of piperidine rings is 1. The van der Waals surface area contributed by atoms with Crippen LogP contribution >= 0.6 is 0 Å². The molecule has 0 spiro atoms. The molecule has 2 aliphatic rings. The van der Waals surface area contributed by atoms with E-state index in [1.807, 2.05) is 20.9 Å². The highest BCUT2D eigenvalue weighted by molar-refractivity contribution is 6.08. The van der Waals surface area contributed by atoms with Crippen molar-refractivity contribution >= 4 is 17.6 Å². The van der Waals surface area contributed by atoms with E-state index in [1.165, 1.54) is 0 Å². The monoisotopic (exact) mass is 290 g/mol. The van der Waals surface area contributed by atoms with Crippen LogP contribution in [-0.4, -0.2) is 45.1 Å². The highest BCUT2D eigenvalue weighted by Crippen LogP contribution is 2.31. The Balaban J connectivity index is 2.02. The van der Waals surface area contributed by atoms with Gasteiger partial charge in [-0.3, -0.25) is 19.2 Å². The van der Waals surface area contributed by atoms with E-state index >= 15 is 0 Å². The molecule has 3 rings (SSSR count). The summed E-state index contributed by atoms with van der Waals surface area (Å²) in [5, 5.41) is 4.34. The van der Waals surface area contributed by atoms with Crippen molar-refractivity contribution in [1.82, 2.24) is 14.7 Å². The summed E-state index contributed by atoms with van der Waals surface area (Å²) in [5.74, 6) is 0.734. The number of nitrogens with zero attached hydrogens (tertiary/aromatic N) is 4. The Hall–Kier alpha value is -1.85. The Morgan fingerprint density at radius 1 is 1.24 bits per heavy atom. The number of hydrogen-bond acceptors (Lipinski definition) is 3. The van der Waals surface area contributed by atoms with Crippen molar-refractivity contribution in [2.24, 2.45) is 13.0 Å². The third-order valence-electron chi connectivity index (χ3n) is 4.42. The summed E-state index contributed by atoms with van der Waals surface area (Å²) in [5.41, 5.74) is 0. The Morgan fingerprint density at radius 3 is 2.62 bits per heavy atom. The second-order valence-corrected chi connectivity index (χ2v) is 6.29. The summed E-state index contributed by atoms with van der Waals surface area (Å²) in [6.07, 6.45) is 4.56. The lowest BCUT2D eigenvalue weighted by atomic mass is 9.91. The van der Waals surface area contributed by atoms with Crippen molar-refractivity contribution < 1.29 is 9.59 Å². The van der Waals surface area contributed by atoms with Crippen molar-refractivity contribution in [2.75, 3.05) is 11.4 Å². The number of anilines is 1. The predicted molar refractivity (Wildman–Crippen MR) is 78.7 cm³/mol. The largest absolute Gasteiger partial charge is 0.329 e. The van der Waals surface area contributed by atoms with Gasteiger partial charge >= 0.3 is 0 Å². The SMILES string of the molecule is CC(C)C1C(=O)N2CCCCC2C(=O)N1c1ccn(C)n1. The molecule has 0 radical (unpaired) electrons. The second-order valence-electron chi connectivity index (χ2n) is 6.29. The van der Waals surface area contributed by atoms with E-state index in [0.717, 1.165) is 19.3 Å². The minimum absolute atomic E-state index is 0.0201. The molecule has 1 aromatic rings. The third kappa shape index (κ3) is 2.22. The zero-order chi connectivity index (χ0) is 15.1. The summed E-state index contributed by atoms with van der Waals surface area (Å²) in [7, 11) is 1.82. The summed E-state index contributed by atoms with van der Waals surface area (Å²) >= 11 is 0. The minimum atomic E-state index is -0.443. The molecule has 0 aliphatic carbocycles. The van der Waals surface area contributed by atoms with Crippen molar-refractivity contribution in [2.45, 2.75) is 45.2 Å². The number of fused-ring (bicyclic) bond motifs is 1. The van der Waals surface area contributed by atoms with Gasteiger partial charge in [0.1, 0.15) is 12.1 Å². The molecule has 114 valence electrons. The van der Waals surface area contributed by atoms with E-state index in [1.54, 1.807) is 26.7 Å². The highest BCUT2D eigenvalue weighted by Gasteiger charge is 2.48. The van der Waals surface area contributed by atoms with E-state index in [4.69, 9.17) is 0 Å². The fraction of sp³-hybridized carbons (Fsp3) is 0.667. The first kappa shape index (κ1) is 14.1. The van der Waals surface area contributed by atoms with Crippen LogP contribution < -0.4 is 4.90 Å². The lowest BCUT2D eigenvalue weighted by Gasteiger charge is -2.47. The summed E-state index contributed by atoms with van der Waals surface area (Å²) in [6.45, 7) is 4.67. The van der Waals surface area contributed by atoms with Crippen molar-refractivity contribution in [3.05, 3.63) is 12.3 Å². The van der Waals surface area contributed by atoms with Crippen LogP contribution in [0.2, 0.25) is 0 Å². The molecule has 2 aliphatic heterocycles. The van der Waals surface area contributed by atoms with Crippen LogP contribution in [0.25, 0.3) is 0 Å². The molecule has 6 heteroatoms. The molecule has 21 heavy (non-hydrogen) atoms. The van der Waals surface area contributed by atoms with E-state index in [9.17, 15) is 9.59 Å². The normalized spacial score (nSPS) is 26.5. The molecule has 2 saturated heterocycles. The average molecular weight is 290 g/mol. The third-order valence-corrected chi connectivity index (χ3v) is 4.42. The Labute approximate surface area is 124 Å². The molecule has 1 aromatic heterocycles. The maximum Gasteiger partial charge on any atom is 0.251 e. The average Bonchev–Trinajstić information content (AvgIpc) is 2.88. The zero-order valence-electron chi connectivity index (χ0n) is 12.8. The van der Waals surface area contributed by atoms with Gasteiger partial charge in [-0.2, -0.15) is 5.10 Å². The molecule has 0 aromatic carbocycles. The number of aromatic nitrogens is 2. The minimum Gasteiger partial charge on any atom is -0.329 e. The fourth-order valence-electron chi connectivity index (χ4n) is 3.40. The molecule has 3 heterocycles. The lowest BCUT2D eigenvalue weighted by Crippen LogP contribution is -2.67. The molecule has 0 N–H and O–H groups in total. The van der Waals surface area contributed by atoms with Gasteiger partial charge in [0.15, 0.2) is 5.82 Å². The number of aryl methyl sites for hydroxylation is 1. The summed E-state index contributed by atoms with van der Waals surface area (Å²) in [4.78, 5) is 29.2. The summed E-state index contributed by atoms with van der Waals surface area (Å²) in [6, 6.07) is 1.06. The second kappa shape index (κ2) is 5.16. The van der Waals surface area contributed by atoms with Gasteiger partial charge in [-0.05, 0) is 25.2 Å². The smallest absolute Gasteiger partial charge is 0.251 e. The van der Waals surface area contributed by atoms with Gasteiger partial charge in [0.05, 0.1) is 0 Å². The van der Waals surface area contributed by atoms with Gasteiger partial charge in [0.2, 0.25) is 5.91 Å². The highest BCUT2D eigenvalue weighted by atomic mass is 16.2. The standard InChI is InChI=1S/C15H22N4O2/c1-10(2)13-15(21)18-8-5-4-6-11(18)14(20)19(13)12-7-9-17(3)16-12/h7,9-11,13H,4-6,8H2,1-3H3. The van der Waals surface area contributed by atoms with Crippen LogP contribution in [0.5, 0.6) is 0 Å². The number of amides is 2. The first-order chi connectivity index (χ1) is 10.0. The molecule has 0 bridgehead atoms. The molecular formula is C15H22N4O2. The first-order valence-corrected chi connectivity index (χ1v) is 7.64. The topological polar surface area (TPSA) is 58.4 Å². The molecular weight excluding hydrogens is 268 g/mol. The zero-order valence-corrected chi connectivity index (χ0v) is 12.8. The van der Waals surface area contributed by atoms with E-state index < -0.39 is 6.04 Å². The fourth-order valence-corrected chi connectivity index (χ4v) is 3.40. The number of carbonyl (C=O) groups is 2. The number of hydrogen-bond donors (Lipinski definition) is 0. The van der Waals surface area contributed by atoms with Gasteiger partial charge in [0.25, 0.3) is 5.91 Å². The van der Waals surface area contributed by atoms with Gasteiger partial charge in [-0.1, -0.05) is 13.8 Å². The Morgan fingerprint density at radius 2 is 2.00 bits per heavy atom. The van der Waals surface area contributed by atoms with Crippen LogP contribution in [0.4, 0.5) is 5.82 Å². The van der Waals surface area contributed by atoms with Crippen molar-refractivity contribution in [3.8, 4) is 0 Å². The van der Waals surface area contributed by atoms with E-state index in [-0.39, 0.29) is 23.8 Å². The lowest BCUT2D eigenvalue weighted by molar-refractivity contribution is -0.149. The maximum absolute atomic E-state index is 12.9. The molecule has 2 atom stereocenters. The van der Waals surface area contributed by atoms with Crippen LogP contribution in [0, 0.1) is 5.92 Å². The van der Waals surface area contributed by atoms with Gasteiger partial charge in [0, 0.05) is 25.9 Å².